The second kappa shape index (κ2) is 7.14. The van der Waals surface area contributed by atoms with E-state index in [2.05, 4.69) is 23.9 Å². The SMILES string of the molecule is Cc1ccc(C(=O)CCN(C)C2CCN(C)CC2)cc1F. The fourth-order valence-corrected chi connectivity index (χ4v) is 2.81. The number of benzene rings is 1. The maximum Gasteiger partial charge on any atom is 0.164 e. The Hall–Kier alpha value is -1.26. The first kappa shape index (κ1) is 16.1. The van der Waals surface area contributed by atoms with Crippen LogP contribution in [-0.4, -0.2) is 55.4 Å². The lowest BCUT2D eigenvalue weighted by atomic mass is 10.0. The highest BCUT2D eigenvalue weighted by Crippen LogP contribution is 2.16. The fraction of sp³-hybridized carbons (Fsp3) is 0.588. The third-order valence-electron chi connectivity index (χ3n) is 4.50. The molecule has 3 nitrogen and oxygen atoms in total. The number of nitrogens with zero attached hydrogens (tertiary/aromatic N) is 2. The molecule has 1 saturated heterocycles. The predicted octanol–water partition coefficient (Wildman–Crippen LogP) is 2.73. The zero-order valence-corrected chi connectivity index (χ0v) is 13.2. The molecular formula is C17H25FN2O. The molecule has 116 valence electrons. The maximum absolute atomic E-state index is 13.5. The largest absolute Gasteiger partial charge is 0.306 e. The number of carbonyl (C=O) groups is 1. The van der Waals surface area contributed by atoms with Gasteiger partial charge in [-0.05, 0) is 58.6 Å². The minimum Gasteiger partial charge on any atom is -0.306 e. The van der Waals surface area contributed by atoms with Crippen LogP contribution in [0.4, 0.5) is 4.39 Å². The second-order valence-electron chi connectivity index (χ2n) is 6.15. The Morgan fingerprint density at radius 2 is 2.05 bits per heavy atom. The first-order valence-corrected chi connectivity index (χ1v) is 7.65. The van der Waals surface area contributed by atoms with Crippen molar-refractivity contribution in [2.24, 2.45) is 0 Å². The van der Waals surface area contributed by atoms with E-state index in [1.807, 2.05) is 0 Å². The van der Waals surface area contributed by atoms with Crippen molar-refractivity contribution in [1.82, 2.24) is 9.80 Å². The van der Waals surface area contributed by atoms with Crippen LogP contribution >= 0.6 is 0 Å². The van der Waals surface area contributed by atoms with Crippen LogP contribution < -0.4 is 0 Å². The van der Waals surface area contributed by atoms with Gasteiger partial charge < -0.3 is 9.80 Å². The molecule has 1 aliphatic rings. The first-order chi connectivity index (χ1) is 9.97. The summed E-state index contributed by atoms with van der Waals surface area (Å²) < 4.78 is 13.5. The van der Waals surface area contributed by atoms with Crippen molar-refractivity contribution in [3.05, 3.63) is 35.1 Å². The molecule has 0 unspecified atom stereocenters. The number of rotatable bonds is 5. The molecule has 0 spiro atoms. The summed E-state index contributed by atoms with van der Waals surface area (Å²) >= 11 is 0. The molecule has 0 aromatic heterocycles. The quantitative estimate of drug-likeness (QED) is 0.780. The highest BCUT2D eigenvalue weighted by Gasteiger charge is 2.21. The summed E-state index contributed by atoms with van der Waals surface area (Å²) in [5.41, 5.74) is 1.06. The molecule has 0 saturated carbocycles. The van der Waals surface area contributed by atoms with Crippen LogP contribution in [0.3, 0.4) is 0 Å². The Labute approximate surface area is 126 Å². The number of hydrogen-bond donors (Lipinski definition) is 0. The molecule has 0 atom stereocenters. The summed E-state index contributed by atoms with van der Waals surface area (Å²) in [6.07, 6.45) is 2.76. The molecule has 1 aromatic carbocycles. The Balaban J connectivity index is 1.84. The first-order valence-electron chi connectivity index (χ1n) is 7.65. The van der Waals surface area contributed by atoms with Gasteiger partial charge >= 0.3 is 0 Å². The van der Waals surface area contributed by atoms with Crippen LogP contribution in [0.15, 0.2) is 18.2 Å². The number of likely N-dealkylation sites (tertiary alicyclic amines) is 1. The highest BCUT2D eigenvalue weighted by molar-refractivity contribution is 5.96. The van der Waals surface area contributed by atoms with Gasteiger partial charge in [0.2, 0.25) is 0 Å². The summed E-state index contributed by atoms with van der Waals surface area (Å²) in [7, 11) is 4.23. The van der Waals surface area contributed by atoms with Crippen molar-refractivity contribution in [1.29, 1.82) is 0 Å². The van der Waals surface area contributed by atoms with Gasteiger partial charge in [-0.25, -0.2) is 4.39 Å². The molecule has 0 N–H and O–H groups in total. The summed E-state index contributed by atoms with van der Waals surface area (Å²) in [6.45, 7) is 4.68. The van der Waals surface area contributed by atoms with Gasteiger partial charge in [0.15, 0.2) is 5.78 Å². The van der Waals surface area contributed by atoms with E-state index in [0.29, 0.717) is 23.6 Å². The van der Waals surface area contributed by atoms with Crippen LogP contribution in [0.2, 0.25) is 0 Å². The molecule has 0 radical (unpaired) electrons. The molecular weight excluding hydrogens is 267 g/mol. The Morgan fingerprint density at radius 1 is 1.38 bits per heavy atom. The van der Waals surface area contributed by atoms with Gasteiger partial charge in [-0.15, -0.1) is 0 Å². The minimum absolute atomic E-state index is 0.0219. The van der Waals surface area contributed by atoms with Gasteiger partial charge in [0, 0.05) is 24.6 Å². The van der Waals surface area contributed by atoms with Crippen LogP contribution in [-0.2, 0) is 0 Å². The lowest BCUT2D eigenvalue weighted by Crippen LogP contribution is -2.42. The second-order valence-corrected chi connectivity index (χ2v) is 6.15. The van der Waals surface area contributed by atoms with E-state index in [1.54, 1.807) is 19.1 Å². The average molecular weight is 292 g/mol. The Kier molecular flexibility index (Phi) is 5.48. The summed E-state index contributed by atoms with van der Waals surface area (Å²) in [4.78, 5) is 16.8. The standard InChI is InChI=1S/C17H25FN2O/c1-13-4-5-14(12-16(13)18)17(21)8-11-20(3)15-6-9-19(2)10-7-15/h4-5,12,15H,6-11H2,1-3H3. The van der Waals surface area contributed by atoms with Crippen LogP contribution in [0.1, 0.15) is 35.2 Å². The Morgan fingerprint density at radius 3 is 2.67 bits per heavy atom. The summed E-state index contributed by atoms with van der Waals surface area (Å²) in [5.74, 6) is -0.279. The smallest absolute Gasteiger partial charge is 0.164 e. The third kappa shape index (κ3) is 4.35. The van der Waals surface area contributed by atoms with Crippen molar-refractivity contribution in [3.63, 3.8) is 0 Å². The van der Waals surface area contributed by atoms with Gasteiger partial charge in [-0.1, -0.05) is 12.1 Å². The topological polar surface area (TPSA) is 23.6 Å². The van der Waals surface area contributed by atoms with Gasteiger partial charge in [0.1, 0.15) is 5.82 Å². The molecule has 4 heteroatoms. The lowest BCUT2D eigenvalue weighted by molar-refractivity contribution is 0.0938. The molecule has 1 aliphatic heterocycles. The molecule has 1 heterocycles. The lowest BCUT2D eigenvalue weighted by Gasteiger charge is -2.35. The number of Topliss-reactive ketones (excluding diaryl/α,β-unsaturated/α-hetero) is 1. The van der Waals surface area contributed by atoms with Crippen LogP contribution in [0.5, 0.6) is 0 Å². The minimum atomic E-state index is -0.301. The number of ketones is 1. The summed E-state index contributed by atoms with van der Waals surface area (Å²) in [5, 5.41) is 0. The van der Waals surface area contributed by atoms with Gasteiger partial charge in [0.25, 0.3) is 0 Å². The Bertz CT molecular complexity index is 496. The van der Waals surface area contributed by atoms with E-state index >= 15 is 0 Å². The normalized spacial score (nSPS) is 17.4. The zero-order valence-electron chi connectivity index (χ0n) is 13.2. The predicted molar refractivity (Wildman–Crippen MR) is 83.2 cm³/mol. The molecule has 0 bridgehead atoms. The van der Waals surface area contributed by atoms with E-state index in [-0.39, 0.29) is 11.6 Å². The van der Waals surface area contributed by atoms with Crippen molar-refractivity contribution >= 4 is 5.78 Å². The van der Waals surface area contributed by atoms with Crippen LogP contribution in [0, 0.1) is 12.7 Å². The number of carbonyl (C=O) groups excluding carboxylic acids is 1. The van der Waals surface area contributed by atoms with Gasteiger partial charge in [0.05, 0.1) is 0 Å². The maximum atomic E-state index is 13.5. The van der Waals surface area contributed by atoms with Crippen molar-refractivity contribution in [2.45, 2.75) is 32.2 Å². The van der Waals surface area contributed by atoms with Crippen molar-refractivity contribution in [2.75, 3.05) is 33.7 Å². The number of piperidine rings is 1. The van der Waals surface area contributed by atoms with E-state index < -0.39 is 0 Å². The highest BCUT2D eigenvalue weighted by atomic mass is 19.1. The molecule has 2 rings (SSSR count). The fourth-order valence-electron chi connectivity index (χ4n) is 2.81. The van der Waals surface area contributed by atoms with E-state index in [1.165, 1.54) is 6.07 Å². The number of halogens is 1. The molecule has 0 amide bonds. The van der Waals surface area contributed by atoms with E-state index in [0.717, 1.165) is 32.5 Å². The molecule has 0 aliphatic carbocycles. The van der Waals surface area contributed by atoms with Crippen LogP contribution in [0.25, 0.3) is 0 Å². The zero-order chi connectivity index (χ0) is 15.4. The number of hydrogen-bond acceptors (Lipinski definition) is 3. The summed E-state index contributed by atoms with van der Waals surface area (Å²) in [6, 6.07) is 5.30. The number of aryl methyl sites for hydroxylation is 1. The van der Waals surface area contributed by atoms with E-state index in [9.17, 15) is 9.18 Å². The average Bonchev–Trinajstić information content (AvgIpc) is 2.48. The van der Waals surface area contributed by atoms with Crippen molar-refractivity contribution < 1.29 is 9.18 Å². The molecule has 1 fully saturated rings. The molecule has 21 heavy (non-hydrogen) atoms. The monoisotopic (exact) mass is 292 g/mol. The third-order valence-corrected chi connectivity index (χ3v) is 4.50. The van der Waals surface area contributed by atoms with Gasteiger partial charge in [-0.2, -0.15) is 0 Å². The van der Waals surface area contributed by atoms with E-state index in [4.69, 9.17) is 0 Å². The van der Waals surface area contributed by atoms with Gasteiger partial charge in [-0.3, -0.25) is 4.79 Å². The van der Waals surface area contributed by atoms with Crippen molar-refractivity contribution in [3.8, 4) is 0 Å². The molecule has 1 aromatic rings.